The zero-order chi connectivity index (χ0) is 25.6. The van der Waals surface area contributed by atoms with Crippen LogP contribution in [0.15, 0.2) is 33.5 Å². The first-order valence-electron chi connectivity index (χ1n) is 10.2. The predicted octanol–water partition coefficient (Wildman–Crippen LogP) is -0.179. The Hall–Kier alpha value is -3.75. The van der Waals surface area contributed by atoms with Gasteiger partial charge in [-0.3, -0.25) is 4.79 Å². The van der Waals surface area contributed by atoms with Gasteiger partial charge in [0.1, 0.15) is 46.9 Å². The number of benzene rings is 2. The van der Waals surface area contributed by atoms with Gasteiger partial charge in [-0.1, -0.05) is 0 Å². The third-order valence-corrected chi connectivity index (χ3v) is 5.58. The number of fused-ring (bicyclic) bond motifs is 1. The summed E-state index contributed by atoms with van der Waals surface area (Å²) in [7, 11) is 1.23. The van der Waals surface area contributed by atoms with Crippen LogP contribution in [-0.4, -0.2) is 85.3 Å². The number of rotatable bonds is 5. The second-order valence-electron chi connectivity index (χ2n) is 7.82. The van der Waals surface area contributed by atoms with Crippen molar-refractivity contribution in [3.05, 3.63) is 34.5 Å². The van der Waals surface area contributed by atoms with Gasteiger partial charge >= 0.3 is 0 Å². The van der Waals surface area contributed by atoms with Gasteiger partial charge in [-0.15, -0.1) is 0 Å². The number of ether oxygens (including phenoxy) is 3. The summed E-state index contributed by atoms with van der Waals surface area (Å²) in [5, 5.41) is 79.6. The maximum atomic E-state index is 13.4. The molecule has 0 unspecified atom stereocenters. The number of aliphatic hydroxyl groups excluding tert-OH is 3. The monoisotopic (exact) mass is 494 g/mol. The fraction of sp³-hybridized carbons (Fsp3) is 0.318. The summed E-state index contributed by atoms with van der Waals surface area (Å²) in [6.07, 6.45) is -7.40. The van der Waals surface area contributed by atoms with E-state index in [-0.39, 0.29) is 11.1 Å². The highest BCUT2D eigenvalue weighted by molar-refractivity contribution is 5.88. The lowest BCUT2D eigenvalue weighted by atomic mass is 9.99. The van der Waals surface area contributed by atoms with Crippen LogP contribution in [-0.2, 0) is 9.47 Å². The van der Waals surface area contributed by atoms with E-state index in [9.17, 15) is 45.6 Å². The largest absolute Gasteiger partial charge is 0.508 e. The van der Waals surface area contributed by atoms with Gasteiger partial charge < -0.3 is 59.5 Å². The molecule has 1 fully saturated rings. The van der Waals surface area contributed by atoms with Crippen LogP contribution in [0.3, 0.4) is 0 Å². The van der Waals surface area contributed by atoms with Gasteiger partial charge in [0, 0.05) is 24.8 Å². The van der Waals surface area contributed by atoms with E-state index in [4.69, 9.17) is 18.6 Å². The predicted molar refractivity (Wildman–Crippen MR) is 115 cm³/mol. The molecule has 0 spiro atoms. The van der Waals surface area contributed by atoms with Gasteiger partial charge in [-0.2, -0.15) is 0 Å². The van der Waals surface area contributed by atoms with E-state index in [0.29, 0.717) is 0 Å². The van der Waals surface area contributed by atoms with E-state index in [1.54, 1.807) is 0 Å². The fourth-order valence-corrected chi connectivity index (χ4v) is 3.86. The Kier molecular flexibility index (Phi) is 6.36. The number of hydrogen-bond acceptors (Lipinski definition) is 13. The Bertz CT molecular complexity index is 1290. The molecule has 2 aromatic carbocycles. The van der Waals surface area contributed by atoms with Crippen LogP contribution >= 0.6 is 0 Å². The molecule has 188 valence electrons. The lowest BCUT2D eigenvalue weighted by Crippen LogP contribution is -2.60. The number of methoxy groups -OCH3 is 1. The zero-order valence-electron chi connectivity index (χ0n) is 18.0. The first-order valence-corrected chi connectivity index (χ1v) is 10.2. The quantitative estimate of drug-likeness (QED) is 0.216. The minimum atomic E-state index is -1.78. The Morgan fingerprint density at radius 1 is 0.943 bits per heavy atom. The van der Waals surface area contributed by atoms with Gasteiger partial charge in [0.25, 0.3) is 0 Å². The van der Waals surface area contributed by atoms with Crippen molar-refractivity contribution in [1.29, 1.82) is 0 Å². The first kappa shape index (κ1) is 24.4. The van der Waals surface area contributed by atoms with Gasteiger partial charge in [0.05, 0.1) is 6.61 Å². The SMILES string of the molecule is CO[C@@H]1[C@H](O)[C@@H](O)[C@H](Oc2c(-c3cc(O)c(O)c(O)c3)oc3cc(O)cc(O)c3c2=O)O[C@@H]1CO. The molecule has 8 N–H and O–H groups in total. The topological polar surface area (TPSA) is 220 Å². The summed E-state index contributed by atoms with van der Waals surface area (Å²) >= 11 is 0. The molecule has 1 saturated heterocycles. The van der Waals surface area contributed by atoms with E-state index < -0.39 is 88.4 Å². The van der Waals surface area contributed by atoms with Gasteiger partial charge in [0.2, 0.25) is 17.5 Å². The van der Waals surface area contributed by atoms with Crippen molar-refractivity contribution in [2.75, 3.05) is 13.7 Å². The highest BCUT2D eigenvalue weighted by Crippen LogP contribution is 2.43. The van der Waals surface area contributed by atoms with Crippen LogP contribution in [0.5, 0.6) is 34.5 Å². The molecule has 0 saturated carbocycles. The number of aromatic hydroxyl groups is 5. The Morgan fingerprint density at radius 3 is 2.20 bits per heavy atom. The number of aliphatic hydroxyl groups is 3. The number of phenolic OH excluding ortho intramolecular Hbond substituents is 5. The van der Waals surface area contributed by atoms with Crippen LogP contribution in [0.25, 0.3) is 22.3 Å². The third-order valence-electron chi connectivity index (χ3n) is 5.58. The Labute approximate surface area is 195 Å². The van der Waals surface area contributed by atoms with E-state index in [1.165, 1.54) is 7.11 Å². The van der Waals surface area contributed by atoms with Crippen LogP contribution in [0.1, 0.15) is 0 Å². The summed E-state index contributed by atoms with van der Waals surface area (Å²) in [4.78, 5) is 13.4. The van der Waals surface area contributed by atoms with Crippen LogP contribution in [0, 0.1) is 0 Å². The van der Waals surface area contributed by atoms with Crippen LogP contribution < -0.4 is 10.2 Å². The minimum absolute atomic E-state index is 0.186. The molecule has 1 aromatic heterocycles. The van der Waals surface area contributed by atoms with Crippen molar-refractivity contribution in [2.24, 2.45) is 0 Å². The summed E-state index contributed by atoms with van der Waals surface area (Å²) < 4.78 is 21.7. The summed E-state index contributed by atoms with van der Waals surface area (Å²) in [6, 6.07) is 3.75. The molecular weight excluding hydrogens is 472 g/mol. The average molecular weight is 494 g/mol. The standard InChI is InChI=1S/C22H22O13/c1-32-20-13(6-23)34-22(18(31)17(20)30)35-21-16(29)14-9(25)4-8(24)5-12(14)33-19(21)7-2-10(26)15(28)11(27)3-7/h2-5,13,17-18,20,22-28,30-31H,6H2,1H3/t13-,17-,18-,20+,22+/m1/s1. The summed E-state index contributed by atoms with van der Waals surface area (Å²) in [5.41, 5.74) is -1.50. The molecular formula is C22H22O13. The molecule has 1 aliphatic rings. The van der Waals surface area contributed by atoms with Crippen molar-refractivity contribution in [2.45, 2.75) is 30.7 Å². The molecule has 5 atom stereocenters. The maximum absolute atomic E-state index is 13.4. The summed E-state index contributed by atoms with van der Waals surface area (Å²) in [5.74, 6) is -4.66. The molecule has 13 nitrogen and oxygen atoms in total. The molecule has 4 rings (SSSR count). The smallest absolute Gasteiger partial charge is 0.239 e. The minimum Gasteiger partial charge on any atom is -0.508 e. The first-order chi connectivity index (χ1) is 16.6. The summed E-state index contributed by atoms with van der Waals surface area (Å²) in [6.45, 7) is -0.638. The van der Waals surface area contributed by atoms with Gasteiger partial charge in [0.15, 0.2) is 23.0 Å². The van der Waals surface area contributed by atoms with Gasteiger partial charge in [-0.25, -0.2) is 0 Å². The molecule has 0 radical (unpaired) electrons. The van der Waals surface area contributed by atoms with Crippen molar-refractivity contribution in [3.8, 4) is 45.8 Å². The molecule has 1 aliphatic heterocycles. The third kappa shape index (κ3) is 4.15. The molecule has 0 bridgehead atoms. The maximum Gasteiger partial charge on any atom is 0.239 e. The van der Waals surface area contributed by atoms with Crippen molar-refractivity contribution in [1.82, 2.24) is 0 Å². The molecule has 35 heavy (non-hydrogen) atoms. The van der Waals surface area contributed by atoms with E-state index in [2.05, 4.69) is 0 Å². The van der Waals surface area contributed by atoms with Crippen molar-refractivity contribution in [3.63, 3.8) is 0 Å². The lowest BCUT2D eigenvalue weighted by Gasteiger charge is -2.41. The Balaban J connectivity index is 1.92. The Morgan fingerprint density at radius 2 is 1.60 bits per heavy atom. The highest BCUT2D eigenvalue weighted by atomic mass is 16.7. The van der Waals surface area contributed by atoms with E-state index in [1.807, 2.05) is 0 Å². The fourth-order valence-electron chi connectivity index (χ4n) is 3.86. The second kappa shape index (κ2) is 9.13. The molecule has 2 heterocycles. The van der Waals surface area contributed by atoms with Gasteiger partial charge in [-0.05, 0) is 12.1 Å². The van der Waals surface area contributed by atoms with Crippen LogP contribution in [0.4, 0.5) is 0 Å². The molecule has 3 aromatic rings. The lowest BCUT2D eigenvalue weighted by molar-refractivity contribution is -0.282. The normalized spacial score (nSPS) is 24.5. The van der Waals surface area contributed by atoms with E-state index >= 15 is 0 Å². The van der Waals surface area contributed by atoms with Crippen LogP contribution in [0.2, 0.25) is 0 Å². The van der Waals surface area contributed by atoms with Crippen molar-refractivity contribution < 1.29 is 59.5 Å². The number of hydrogen-bond donors (Lipinski definition) is 8. The molecule has 0 aliphatic carbocycles. The zero-order valence-corrected chi connectivity index (χ0v) is 18.0. The van der Waals surface area contributed by atoms with Crippen molar-refractivity contribution >= 4 is 11.0 Å². The second-order valence-corrected chi connectivity index (χ2v) is 7.82. The highest BCUT2D eigenvalue weighted by Gasteiger charge is 2.46. The van der Waals surface area contributed by atoms with E-state index in [0.717, 1.165) is 24.3 Å². The molecule has 0 amide bonds. The average Bonchev–Trinajstić information content (AvgIpc) is 2.80. The number of phenols is 5. The molecule has 13 heteroatoms.